The standard InChI is InChI=1S/C24H20N4O5/c1-31-23(29)15-10-16(24(30)32-2)12-17(11-15)28-21-20(25)22(27-13-26-21)33-19-9-5-7-14-6-3-4-8-18(14)19/h3-13H,25H2,1-2H3,(H,26,27,28). The van der Waals surface area contributed by atoms with Crippen molar-refractivity contribution in [2.24, 2.45) is 0 Å². The molecule has 0 aliphatic heterocycles. The summed E-state index contributed by atoms with van der Waals surface area (Å²) in [4.78, 5) is 32.4. The minimum absolute atomic E-state index is 0.147. The molecule has 4 aromatic rings. The number of carbonyl (C=O) groups excluding carboxylic acids is 2. The lowest BCUT2D eigenvalue weighted by molar-refractivity contribution is 0.0599. The van der Waals surface area contributed by atoms with E-state index in [1.165, 1.54) is 38.7 Å². The Labute approximate surface area is 189 Å². The van der Waals surface area contributed by atoms with Gasteiger partial charge in [-0.3, -0.25) is 0 Å². The summed E-state index contributed by atoms with van der Waals surface area (Å²) in [5.74, 6) is -0.247. The quantitative estimate of drug-likeness (QED) is 0.418. The lowest BCUT2D eigenvalue weighted by Crippen LogP contribution is -2.09. The Kier molecular flexibility index (Phi) is 6.03. The molecule has 0 radical (unpaired) electrons. The highest BCUT2D eigenvalue weighted by atomic mass is 16.5. The van der Waals surface area contributed by atoms with Gasteiger partial charge in [-0.1, -0.05) is 36.4 Å². The Morgan fingerprint density at radius 2 is 1.55 bits per heavy atom. The molecular weight excluding hydrogens is 424 g/mol. The second kappa shape index (κ2) is 9.23. The van der Waals surface area contributed by atoms with Gasteiger partial charge in [-0.2, -0.15) is 4.98 Å². The van der Waals surface area contributed by atoms with Gasteiger partial charge in [0.1, 0.15) is 17.8 Å². The maximum atomic E-state index is 12.0. The van der Waals surface area contributed by atoms with Crippen molar-refractivity contribution in [3.63, 3.8) is 0 Å². The highest BCUT2D eigenvalue weighted by Gasteiger charge is 2.16. The Balaban J connectivity index is 1.68. The van der Waals surface area contributed by atoms with E-state index in [1.807, 2.05) is 42.5 Å². The summed E-state index contributed by atoms with van der Waals surface area (Å²) in [5, 5.41) is 4.92. The van der Waals surface area contributed by atoms with Crippen LogP contribution in [0.2, 0.25) is 0 Å². The number of anilines is 3. The van der Waals surface area contributed by atoms with E-state index in [1.54, 1.807) is 0 Å². The summed E-state index contributed by atoms with van der Waals surface area (Å²) < 4.78 is 15.5. The summed E-state index contributed by atoms with van der Waals surface area (Å²) in [5.41, 5.74) is 7.11. The van der Waals surface area contributed by atoms with Crippen LogP contribution in [-0.4, -0.2) is 36.1 Å². The number of benzene rings is 3. The molecule has 166 valence electrons. The number of hydrogen-bond acceptors (Lipinski definition) is 9. The molecule has 0 spiro atoms. The monoisotopic (exact) mass is 444 g/mol. The Morgan fingerprint density at radius 1 is 0.879 bits per heavy atom. The van der Waals surface area contributed by atoms with E-state index < -0.39 is 11.9 Å². The second-order valence-corrected chi connectivity index (χ2v) is 6.93. The molecule has 0 bridgehead atoms. The molecule has 0 amide bonds. The molecule has 0 fully saturated rings. The zero-order valence-corrected chi connectivity index (χ0v) is 17.9. The van der Waals surface area contributed by atoms with Crippen LogP contribution in [0.1, 0.15) is 20.7 Å². The molecule has 33 heavy (non-hydrogen) atoms. The Morgan fingerprint density at radius 3 is 2.24 bits per heavy atom. The van der Waals surface area contributed by atoms with Crippen molar-refractivity contribution in [2.75, 3.05) is 25.3 Å². The van der Waals surface area contributed by atoms with Gasteiger partial charge in [-0.15, -0.1) is 0 Å². The van der Waals surface area contributed by atoms with Crippen LogP contribution in [0.25, 0.3) is 10.8 Å². The number of carbonyl (C=O) groups is 2. The molecule has 9 heteroatoms. The van der Waals surface area contributed by atoms with E-state index >= 15 is 0 Å². The van der Waals surface area contributed by atoms with Crippen molar-refractivity contribution in [1.29, 1.82) is 0 Å². The van der Waals surface area contributed by atoms with E-state index in [0.717, 1.165) is 10.8 Å². The number of nitrogens with one attached hydrogen (secondary N) is 1. The first-order valence-electron chi connectivity index (χ1n) is 9.85. The fourth-order valence-corrected chi connectivity index (χ4v) is 3.26. The highest BCUT2D eigenvalue weighted by Crippen LogP contribution is 2.34. The minimum atomic E-state index is -0.612. The number of methoxy groups -OCH3 is 2. The number of fused-ring (bicyclic) bond motifs is 1. The van der Waals surface area contributed by atoms with Crippen LogP contribution in [-0.2, 0) is 9.47 Å². The number of ether oxygens (including phenoxy) is 3. The maximum absolute atomic E-state index is 12.0. The van der Waals surface area contributed by atoms with Gasteiger partial charge in [0.25, 0.3) is 0 Å². The fourth-order valence-electron chi connectivity index (χ4n) is 3.26. The largest absolute Gasteiger partial charge is 0.465 e. The molecular formula is C24H20N4O5. The van der Waals surface area contributed by atoms with E-state index in [2.05, 4.69) is 15.3 Å². The normalized spacial score (nSPS) is 10.5. The van der Waals surface area contributed by atoms with Crippen LogP contribution in [0.3, 0.4) is 0 Å². The molecule has 3 N–H and O–H groups in total. The van der Waals surface area contributed by atoms with Gasteiger partial charge in [0.05, 0.1) is 25.3 Å². The first kappa shape index (κ1) is 21.6. The zero-order valence-electron chi connectivity index (χ0n) is 17.9. The first-order valence-corrected chi connectivity index (χ1v) is 9.85. The number of nitrogens with zero attached hydrogens (tertiary/aromatic N) is 2. The summed E-state index contributed by atoms with van der Waals surface area (Å²) in [6.07, 6.45) is 1.30. The average molecular weight is 444 g/mol. The Hall–Kier alpha value is -4.66. The first-order chi connectivity index (χ1) is 16.0. The van der Waals surface area contributed by atoms with Gasteiger partial charge in [-0.05, 0) is 29.7 Å². The molecule has 9 nitrogen and oxygen atoms in total. The summed E-state index contributed by atoms with van der Waals surface area (Å²) in [6.45, 7) is 0. The molecule has 0 saturated carbocycles. The predicted octanol–water partition coefficient (Wildman–Crippen LogP) is 4.32. The van der Waals surface area contributed by atoms with Gasteiger partial charge in [0.2, 0.25) is 5.88 Å². The minimum Gasteiger partial charge on any atom is -0.465 e. The number of aromatic nitrogens is 2. The van der Waals surface area contributed by atoms with E-state index in [4.69, 9.17) is 19.9 Å². The van der Waals surface area contributed by atoms with Crippen LogP contribution in [0.5, 0.6) is 11.6 Å². The van der Waals surface area contributed by atoms with Crippen LogP contribution < -0.4 is 15.8 Å². The zero-order chi connectivity index (χ0) is 23.4. The SMILES string of the molecule is COC(=O)c1cc(Nc2ncnc(Oc3cccc4ccccc34)c2N)cc(C(=O)OC)c1. The number of esters is 2. The van der Waals surface area contributed by atoms with E-state index in [0.29, 0.717) is 11.4 Å². The number of hydrogen-bond donors (Lipinski definition) is 2. The molecule has 0 atom stereocenters. The highest BCUT2D eigenvalue weighted by molar-refractivity contribution is 5.97. The van der Waals surface area contributed by atoms with Crippen molar-refractivity contribution in [1.82, 2.24) is 9.97 Å². The Bertz CT molecular complexity index is 1320. The van der Waals surface area contributed by atoms with Crippen molar-refractivity contribution >= 4 is 39.9 Å². The van der Waals surface area contributed by atoms with E-state index in [9.17, 15) is 9.59 Å². The van der Waals surface area contributed by atoms with Gasteiger partial charge in [-0.25, -0.2) is 14.6 Å². The van der Waals surface area contributed by atoms with Crippen LogP contribution >= 0.6 is 0 Å². The fraction of sp³-hybridized carbons (Fsp3) is 0.0833. The third-order valence-corrected chi connectivity index (χ3v) is 4.84. The summed E-state index contributed by atoms with van der Waals surface area (Å²) in [7, 11) is 2.50. The van der Waals surface area contributed by atoms with Crippen LogP contribution in [0.15, 0.2) is 67.0 Å². The smallest absolute Gasteiger partial charge is 0.337 e. The molecule has 0 aliphatic rings. The third-order valence-electron chi connectivity index (χ3n) is 4.84. The average Bonchev–Trinajstić information content (AvgIpc) is 2.85. The molecule has 0 saturated heterocycles. The van der Waals surface area contributed by atoms with E-state index in [-0.39, 0.29) is 28.5 Å². The third kappa shape index (κ3) is 4.52. The maximum Gasteiger partial charge on any atom is 0.337 e. The topological polar surface area (TPSA) is 126 Å². The van der Waals surface area contributed by atoms with Gasteiger partial charge >= 0.3 is 11.9 Å². The van der Waals surface area contributed by atoms with Crippen molar-refractivity contribution in [3.8, 4) is 11.6 Å². The van der Waals surface area contributed by atoms with Gasteiger partial charge in [0.15, 0.2) is 5.82 Å². The number of rotatable bonds is 6. The van der Waals surface area contributed by atoms with Crippen LogP contribution in [0, 0.1) is 0 Å². The lowest BCUT2D eigenvalue weighted by Gasteiger charge is -2.14. The number of nitrogens with two attached hydrogens (primary N) is 1. The molecule has 1 aromatic heterocycles. The summed E-state index contributed by atoms with van der Waals surface area (Å²) in [6, 6.07) is 17.8. The van der Waals surface area contributed by atoms with Crippen molar-refractivity contribution < 1.29 is 23.8 Å². The molecule has 1 heterocycles. The molecule has 0 aliphatic carbocycles. The summed E-state index contributed by atoms with van der Waals surface area (Å²) >= 11 is 0. The van der Waals surface area contributed by atoms with Crippen LogP contribution in [0.4, 0.5) is 17.2 Å². The van der Waals surface area contributed by atoms with Crippen molar-refractivity contribution in [3.05, 3.63) is 78.1 Å². The van der Waals surface area contributed by atoms with Gasteiger partial charge < -0.3 is 25.3 Å². The predicted molar refractivity (Wildman–Crippen MR) is 123 cm³/mol. The van der Waals surface area contributed by atoms with Crippen molar-refractivity contribution in [2.45, 2.75) is 0 Å². The number of nitrogen functional groups attached to an aromatic ring is 1. The molecule has 3 aromatic carbocycles. The van der Waals surface area contributed by atoms with Gasteiger partial charge in [0, 0.05) is 11.1 Å². The molecule has 4 rings (SSSR count). The lowest BCUT2D eigenvalue weighted by atomic mass is 10.1. The second-order valence-electron chi connectivity index (χ2n) is 6.93. The molecule has 0 unspecified atom stereocenters.